The summed E-state index contributed by atoms with van der Waals surface area (Å²) >= 11 is 1.20. The van der Waals surface area contributed by atoms with E-state index < -0.39 is 0 Å². The van der Waals surface area contributed by atoms with Gasteiger partial charge in [-0.3, -0.25) is 4.79 Å². The van der Waals surface area contributed by atoms with Crippen molar-refractivity contribution in [2.75, 3.05) is 5.32 Å². The van der Waals surface area contributed by atoms with Crippen molar-refractivity contribution in [2.45, 2.75) is 13.3 Å². The van der Waals surface area contributed by atoms with Crippen LogP contribution in [0, 0.1) is 0 Å². The molecule has 2 rings (SSSR count). The van der Waals surface area contributed by atoms with Crippen molar-refractivity contribution in [2.24, 2.45) is 0 Å². The highest BCUT2D eigenvalue weighted by Gasteiger charge is 2.09. The third kappa shape index (κ3) is 2.28. The number of aryl methyl sites for hydroxylation is 1. The number of carbonyl (C=O) groups excluding carboxylic acids is 1. The normalized spacial score (nSPS) is 10.1. The monoisotopic (exact) mass is 232 g/mol. The third-order valence-corrected chi connectivity index (χ3v) is 3.05. The molecule has 0 aliphatic carbocycles. The highest BCUT2D eigenvalue weighted by molar-refractivity contribution is 7.08. The Hall–Kier alpha value is -1.68. The summed E-state index contributed by atoms with van der Waals surface area (Å²) < 4.78 is 3.91. The molecule has 1 N–H and O–H groups in total. The van der Waals surface area contributed by atoms with Gasteiger partial charge in [-0.25, -0.2) is 4.37 Å². The van der Waals surface area contributed by atoms with Gasteiger partial charge in [0.25, 0.3) is 5.91 Å². The van der Waals surface area contributed by atoms with Crippen molar-refractivity contribution in [3.05, 3.63) is 47.0 Å². The molecule has 0 spiro atoms. The number of benzene rings is 1. The van der Waals surface area contributed by atoms with E-state index in [1.165, 1.54) is 11.5 Å². The summed E-state index contributed by atoms with van der Waals surface area (Å²) in [6.07, 6.45) is 2.53. The molecule has 0 aliphatic rings. The fourth-order valence-corrected chi connectivity index (χ4v) is 1.96. The second-order valence-corrected chi connectivity index (χ2v) is 4.17. The summed E-state index contributed by atoms with van der Waals surface area (Å²) in [6, 6.07) is 9.54. The zero-order valence-electron chi connectivity index (χ0n) is 8.93. The van der Waals surface area contributed by atoms with E-state index in [-0.39, 0.29) is 5.91 Å². The number of nitrogens with zero attached hydrogens (tertiary/aromatic N) is 1. The van der Waals surface area contributed by atoms with Gasteiger partial charge in [-0.1, -0.05) is 25.1 Å². The molecule has 2 aromatic rings. The number of carbonyl (C=O) groups is 1. The van der Waals surface area contributed by atoms with Crippen LogP contribution in [0.4, 0.5) is 5.69 Å². The number of anilines is 1. The van der Waals surface area contributed by atoms with E-state index in [2.05, 4.69) is 16.6 Å². The molecule has 0 aliphatic heterocycles. The fourth-order valence-electron chi connectivity index (χ4n) is 1.47. The van der Waals surface area contributed by atoms with E-state index in [0.29, 0.717) is 4.88 Å². The van der Waals surface area contributed by atoms with E-state index in [4.69, 9.17) is 0 Å². The van der Waals surface area contributed by atoms with Gasteiger partial charge in [-0.15, -0.1) is 0 Å². The van der Waals surface area contributed by atoms with Crippen LogP contribution in [-0.4, -0.2) is 10.3 Å². The maximum Gasteiger partial charge on any atom is 0.267 e. The lowest BCUT2D eigenvalue weighted by Gasteiger charge is -2.08. The minimum Gasteiger partial charge on any atom is -0.321 e. The molecule has 0 bridgehead atoms. The zero-order valence-corrected chi connectivity index (χ0v) is 9.75. The molecule has 0 saturated heterocycles. The summed E-state index contributed by atoms with van der Waals surface area (Å²) in [5.74, 6) is -0.0941. The second kappa shape index (κ2) is 4.90. The van der Waals surface area contributed by atoms with Gasteiger partial charge < -0.3 is 5.32 Å². The molecule has 16 heavy (non-hydrogen) atoms. The van der Waals surface area contributed by atoms with Gasteiger partial charge in [0, 0.05) is 11.9 Å². The molecule has 1 amide bonds. The molecule has 82 valence electrons. The number of nitrogens with one attached hydrogen (secondary N) is 1. The maximum atomic E-state index is 11.8. The first-order chi connectivity index (χ1) is 7.81. The SMILES string of the molecule is CCc1ccccc1NC(=O)c1ccns1. The van der Waals surface area contributed by atoms with Crippen molar-refractivity contribution >= 4 is 23.1 Å². The average molecular weight is 232 g/mol. The van der Waals surface area contributed by atoms with E-state index >= 15 is 0 Å². The molecular formula is C12H12N2OS. The van der Waals surface area contributed by atoms with Crippen molar-refractivity contribution in [1.82, 2.24) is 4.37 Å². The lowest BCUT2D eigenvalue weighted by Crippen LogP contribution is -2.11. The molecule has 3 nitrogen and oxygen atoms in total. The number of para-hydroxylation sites is 1. The standard InChI is InChI=1S/C12H12N2OS/c1-2-9-5-3-4-6-10(9)14-12(15)11-7-8-13-16-11/h3-8H,2H2,1H3,(H,14,15). The van der Waals surface area contributed by atoms with Crippen LogP contribution in [-0.2, 0) is 6.42 Å². The summed E-state index contributed by atoms with van der Waals surface area (Å²) in [4.78, 5) is 12.4. The first-order valence-corrected chi connectivity index (χ1v) is 5.88. The van der Waals surface area contributed by atoms with Gasteiger partial charge in [0.05, 0.1) is 0 Å². The molecule has 0 radical (unpaired) electrons. The molecule has 0 fully saturated rings. The highest BCUT2D eigenvalue weighted by Crippen LogP contribution is 2.17. The number of hydrogen-bond donors (Lipinski definition) is 1. The number of amides is 1. The minimum atomic E-state index is -0.0941. The van der Waals surface area contributed by atoms with Crippen LogP contribution < -0.4 is 5.32 Å². The molecule has 1 aromatic heterocycles. The smallest absolute Gasteiger partial charge is 0.267 e. The highest BCUT2D eigenvalue weighted by atomic mass is 32.1. The van der Waals surface area contributed by atoms with E-state index in [1.54, 1.807) is 12.3 Å². The minimum absolute atomic E-state index is 0.0941. The van der Waals surface area contributed by atoms with Crippen LogP contribution >= 0.6 is 11.5 Å². The Bertz CT molecular complexity index is 480. The molecule has 0 saturated carbocycles. The van der Waals surface area contributed by atoms with E-state index in [1.807, 2.05) is 24.3 Å². The van der Waals surface area contributed by atoms with Crippen LogP contribution in [0.15, 0.2) is 36.5 Å². The first-order valence-electron chi connectivity index (χ1n) is 5.11. The van der Waals surface area contributed by atoms with Crippen LogP contribution in [0.1, 0.15) is 22.2 Å². The molecule has 0 atom stereocenters. The Balaban J connectivity index is 2.18. The summed E-state index contributed by atoms with van der Waals surface area (Å²) in [6.45, 7) is 2.07. The van der Waals surface area contributed by atoms with Crippen LogP contribution in [0.25, 0.3) is 0 Å². The molecular weight excluding hydrogens is 220 g/mol. The van der Waals surface area contributed by atoms with Crippen molar-refractivity contribution in [1.29, 1.82) is 0 Å². The van der Waals surface area contributed by atoms with Gasteiger partial charge in [0.15, 0.2) is 0 Å². The zero-order chi connectivity index (χ0) is 11.4. The van der Waals surface area contributed by atoms with E-state index in [9.17, 15) is 4.79 Å². The Morgan fingerprint density at radius 1 is 1.38 bits per heavy atom. The van der Waals surface area contributed by atoms with Crippen LogP contribution in [0.2, 0.25) is 0 Å². The van der Waals surface area contributed by atoms with E-state index in [0.717, 1.165) is 17.7 Å². The van der Waals surface area contributed by atoms with Crippen molar-refractivity contribution in [3.8, 4) is 0 Å². The predicted molar refractivity (Wildman–Crippen MR) is 65.9 cm³/mol. The quantitative estimate of drug-likeness (QED) is 0.884. The molecule has 1 aromatic carbocycles. The number of aromatic nitrogens is 1. The Labute approximate surface area is 98.3 Å². The Kier molecular flexibility index (Phi) is 3.31. The Morgan fingerprint density at radius 3 is 2.88 bits per heavy atom. The van der Waals surface area contributed by atoms with Crippen molar-refractivity contribution < 1.29 is 4.79 Å². The topological polar surface area (TPSA) is 42.0 Å². The van der Waals surface area contributed by atoms with Gasteiger partial charge in [0.1, 0.15) is 4.88 Å². The van der Waals surface area contributed by atoms with Crippen molar-refractivity contribution in [3.63, 3.8) is 0 Å². The summed E-state index contributed by atoms with van der Waals surface area (Å²) in [5, 5.41) is 2.90. The van der Waals surface area contributed by atoms with Crippen LogP contribution in [0.5, 0.6) is 0 Å². The first kappa shape index (κ1) is 10.8. The second-order valence-electron chi connectivity index (χ2n) is 3.34. The molecule has 1 heterocycles. The molecule has 0 unspecified atom stereocenters. The largest absolute Gasteiger partial charge is 0.321 e. The van der Waals surface area contributed by atoms with Gasteiger partial charge >= 0.3 is 0 Å². The maximum absolute atomic E-state index is 11.8. The number of hydrogen-bond acceptors (Lipinski definition) is 3. The van der Waals surface area contributed by atoms with Gasteiger partial charge in [0.2, 0.25) is 0 Å². The Morgan fingerprint density at radius 2 is 2.19 bits per heavy atom. The summed E-state index contributed by atoms with van der Waals surface area (Å²) in [5.41, 5.74) is 2.02. The lowest BCUT2D eigenvalue weighted by molar-refractivity contribution is 0.103. The predicted octanol–water partition coefficient (Wildman–Crippen LogP) is 2.96. The molecule has 4 heteroatoms. The fraction of sp³-hybridized carbons (Fsp3) is 0.167. The van der Waals surface area contributed by atoms with Gasteiger partial charge in [-0.2, -0.15) is 0 Å². The average Bonchev–Trinajstić information content (AvgIpc) is 2.83. The van der Waals surface area contributed by atoms with Gasteiger partial charge in [-0.05, 0) is 35.6 Å². The number of rotatable bonds is 3. The lowest BCUT2D eigenvalue weighted by atomic mass is 10.1. The summed E-state index contributed by atoms with van der Waals surface area (Å²) in [7, 11) is 0. The third-order valence-electron chi connectivity index (χ3n) is 2.31. The van der Waals surface area contributed by atoms with Crippen LogP contribution in [0.3, 0.4) is 0 Å².